The molecule has 0 bridgehead atoms. The zero-order chi connectivity index (χ0) is 32.5. The number of amides is 2. The van der Waals surface area contributed by atoms with Gasteiger partial charge in [-0.05, 0) is 43.9 Å². The van der Waals surface area contributed by atoms with Crippen LogP contribution in [-0.4, -0.2) is 83.6 Å². The van der Waals surface area contributed by atoms with Crippen LogP contribution in [0.2, 0.25) is 5.02 Å². The normalized spacial score (nSPS) is 18.2. The summed E-state index contributed by atoms with van der Waals surface area (Å²) in [6.07, 6.45) is -5.05. The first-order valence-electron chi connectivity index (χ1n) is 13.1. The highest BCUT2D eigenvalue weighted by molar-refractivity contribution is 7.91. The third kappa shape index (κ3) is 7.88. The Morgan fingerprint density at radius 3 is 2.42 bits per heavy atom. The molecular weight excluding hydrogens is 627 g/mol. The summed E-state index contributed by atoms with van der Waals surface area (Å²) in [4.78, 5) is 25.8. The standard InChI is InChI=1S/C26H32ClF5N4O6S/c1-5-36-21(17-9-6-14(10-18(17)42-23(28)29)11-25(2,3)26(30,31)32)19(27)20(34-36)22(37)33-12-15-7-8-16(43(4,40)41)13-35(15)24(38)39/h6,9-10,15-16,23H,5,7-8,11-13H2,1-4H3,(H,33,37)(H,38,39)/t15-,16+/m1/s1. The van der Waals surface area contributed by atoms with Gasteiger partial charge in [-0.3, -0.25) is 9.48 Å². The fraction of sp³-hybridized carbons (Fsp3) is 0.577. The molecule has 2 atom stereocenters. The number of carbonyl (C=O) groups is 2. The third-order valence-corrected chi connectivity index (χ3v) is 9.31. The minimum Gasteiger partial charge on any atom is -0.465 e. The van der Waals surface area contributed by atoms with Crippen LogP contribution in [0, 0.1) is 5.41 Å². The van der Waals surface area contributed by atoms with Crippen molar-refractivity contribution in [3.05, 3.63) is 34.5 Å². The molecule has 0 aliphatic carbocycles. The maximum atomic E-state index is 13.4. The van der Waals surface area contributed by atoms with Gasteiger partial charge in [-0.25, -0.2) is 13.2 Å². The number of piperidine rings is 1. The van der Waals surface area contributed by atoms with E-state index < -0.39 is 63.5 Å². The van der Waals surface area contributed by atoms with E-state index in [1.54, 1.807) is 6.92 Å². The van der Waals surface area contributed by atoms with Crippen molar-refractivity contribution in [2.75, 3.05) is 19.3 Å². The van der Waals surface area contributed by atoms with Gasteiger partial charge in [-0.1, -0.05) is 31.5 Å². The van der Waals surface area contributed by atoms with Crippen LogP contribution in [0.25, 0.3) is 11.3 Å². The first-order valence-corrected chi connectivity index (χ1v) is 15.5. The second-order valence-corrected chi connectivity index (χ2v) is 13.6. The highest BCUT2D eigenvalue weighted by atomic mass is 35.5. The second kappa shape index (κ2) is 12.8. The maximum absolute atomic E-state index is 13.4. The summed E-state index contributed by atoms with van der Waals surface area (Å²) in [5.41, 5.74) is -2.43. The number of ether oxygens (including phenoxy) is 1. The predicted octanol–water partition coefficient (Wildman–Crippen LogP) is 5.24. The molecule has 1 aromatic heterocycles. The summed E-state index contributed by atoms with van der Waals surface area (Å²) in [7, 11) is -3.49. The number of halogens is 6. The maximum Gasteiger partial charge on any atom is 0.407 e. The monoisotopic (exact) mass is 658 g/mol. The van der Waals surface area contributed by atoms with Crippen molar-refractivity contribution in [2.45, 2.75) is 70.7 Å². The van der Waals surface area contributed by atoms with Crippen molar-refractivity contribution in [1.82, 2.24) is 20.0 Å². The number of nitrogens with zero attached hydrogens (tertiary/aromatic N) is 3. The molecule has 0 radical (unpaired) electrons. The van der Waals surface area contributed by atoms with Crippen LogP contribution in [0.1, 0.15) is 49.7 Å². The van der Waals surface area contributed by atoms with Crippen molar-refractivity contribution in [1.29, 1.82) is 0 Å². The lowest BCUT2D eigenvalue weighted by Gasteiger charge is -2.37. The molecule has 240 valence electrons. The Kier molecular flexibility index (Phi) is 10.3. The summed E-state index contributed by atoms with van der Waals surface area (Å²) >= 11 is 6.52. The molecule has 43 heavy (non-hydrogen) atoms. The number of hydrogen-bond donors (Lipinski definition) is 2. The van der Waals surface area contributed by atoms with Gasteiger partial charge in [-0.15, -0.1) is 0 Å². The molecule has 0 unspecified atom stereocenters. The molecule has 1 aromatic carbocycles. The molecule has 1 aliphatic rings. The number of sulfone groups is 1. The number of carboxylic acid groups (broad SMARTS) is 1. The fourth-order valence-electron chi connectivity index (χ4n) is 4.83. The Labute approximate surface area is 250 Å². The Morgan fingerprint density at radius 1 is 1.23 bits per heavy atom. The van der Waals surface area contributed by atoms with Crippen molar-refractivity contribution < 1.29 is 49.8 Å². The van der Waals surface area contributed by atoms with Gasteiger partial charge in [0.15, 0.2) is 15.5 Å². The minimum atomic E-state index is -4.56. The number of aryl methyl sites for hydroxylation is 1. The first-order chi connectivity index (χ1) is 19.8. The Bertz CT molecular complexity index is 1460. The van der Waals surface area contributed by atoms with E-state index in [4.69, 9.17) is 11.6 Å². The minimum absolute atomic E-state index is 0.00687. The zero-order valence-corrected chi connectivity index (χ0v) is 25.3. The summed E-state index contributed by atoms with van der Waals surface area (Å²) in [5.74, 6) is -1.28. The van der Waals surface area contributed by atoms with Gasteiger partial charge < -0.3 is 20.1 Å². The average molecular weight is 659 g/mol. The molecular formula is C26H32ClF5N4O6S. The van der Waals surface area contributed by atoms with Gasteiger partial charge in [-0.2, -0.15) is 27.1 Å². The van der Waals surface area contributed by atoms with Crippen molar-refractivity contribution in [3.8, 4) is 17.0 Å². The van der Waals surface area contributed by atoms with Crippen LogP contribution in [0.4, 0.5) is 26.7 Å². The molecule has 2 N–H and O–H groups in total. The van der Waals surface area contributed by atoms with E-state index in [0.717, 1.165) is 31.1 Å². The molecule has 1 saturated heterocycles. The number of nitrogens with one attached hydrogen (secondary N) is 1. The van der Waals surface area contributed by atoms with Crippen LogP contribution in [0.5, 0.6) is 5.75 Å². The molecule has 2 heterocycles. The van der Waals surface area contributed by atoms with E-state index in [0.29, 0.717) is 0 Å². The first kappa shape index (κ1) is 34.4. The summed E-state index contributed by atoms with van der Waals surface area (Å²) in [6, 6.07) is 2.91. The van der Waals surface area contributed by atoms with Gasteiger partial charge >= 0.3 is 18.9 Å². The van der Waals surface area contributed by atoms with Crippen LogP contribution in [0.3, 0.4) is 0 Å². The number of aromatic nitrogens is 2. The highest BCUT2D eigenvalue weighted by Crippen LogP contribution is 2.43. The Balaban J connectivity index is 1.91. The molecule has 2 aromatic rings. The highest BCUT2D eigenvalue weighted by Gasteiger charge is 2.47. The third-order valence-electron chi connectivity index (χ3n) is 7.35. The lowest BCUT2D eigenvalue weighted by molar-refractivity contribution is -0.211. The van der Waals surface area contributed by atoms with Gasteiger partial charge in [0.1, 0.15) is 5.75 Å². The number of likely N-dealkylation sites (tertiary alicyclic amines) is 1. The summed E-state index contributed by atoms with van der Waals surface area (Å²) < 4.78 is 96.7. The Morgan fingerprint density at radius 2 is 1.88 bits per heavy atom. The van der Waals surface area contributed by atoms with Crippen LogP contribution in [-0.2, 0) is 22.8 Å². The van der Waals surface area contributed by atoms with Crippen molar-refractivity contribution in [2.24, 2.45) is 5.41 Å². The van der Waals surface area contributed by atoms with E-state index in [1.807, 2.05) is 0 Å². The topological polar surface area (TPSA) is 131 Å². The van der Waals surface area contributed by atoms with Gasteiger partial charge in [0, 0.05) is 31.5 Å². The number of carbonyl (C=O) groups excluding carboxylic acids is 1. The molecule has 0 saturated carbocycles. The summed E-state index contributed by atoms with van der Waals surface area (Å²) in [6.45, 7) is -0.0536. The van der Waals surface area contributed by atoms with E-state index in [-0.39, 0.29) is 60.0 Å². The molecule has 1 aliphatic heterocycles. The van der Waals surface area contributed by atoms with E-state index in [1.165, 1.54) is 16.8 Å². The predicted molar refractivity (Wildman–Crippen MR) is 147 cm³/mol. The zero-order valence-electron chi connectivity index (χ0n) is 23.7. The molecule has 17 heteroatoms. The van der Waals surface area contributed by atoms with E-state index in [2.05, 4.69) is 15.2 Å². The van der Waals surface area contributed by atoms with Crippen molar-refractivity contribution in [3.63, 3.8) is 0 Å². The lowest BCUT2D eigenvalue weighted by atomic mass is 9.84. The quantitative estimate of drug-likeness (QED) is 0.334. The van der Waals surface area contributed by atoms with Gasteiger partial charge in [0.2, 0.25) is 0 Å². The SMILES string of the molecule is CCn1nc(C(=O)NC[C@H]2CC[C@H](S(C)(=O)=O)CN2C(=O)O)c(Cl)c1-c1ccc(CC(C)(C)C(F)(F)F)cc1OC(F)F. The van der Waals surface area contributed by atoms with E-state index >= 15 is 0 Å². The fourth-order valence-corrected chi connectivity index (χ4v) is 6.15. The lowest BCUT2D eigenvalue weighted by Crippen LogP contribution is -2.54. The molecule has 0 spiro atoms. The average Bonchev–Trinajstić information content (AvgIpc) is 3.21. The molecule has 10 nitrogen and oxygen atoms in total. The Hall–Kier alpha value is -3.14. The van der Waals surface area contributed by atoms with Crippen LogP contribution >= 0.6 is 11.6 Å². The van der Waals surface area contributed by atoms with E-state index in [9.17, 15) is 45.1 Å². The van der Waals surface area contributed by atoms with Gasteiger partial charge in [0.05, 0.1) is 27.4 Å². The van der Waals surface area contributed by atoms with Crippen LogP contribution in [0.15, 0.2) is 18.2 Å². The summed E-state index contributed by atoms with van der Waals surface area (Å²) in [5, 5.41) is 15.2. The van der Waals surface area contributed by atoms with Gasteiger partial charge in [0.25, 0.3) is 5.91 Å². The largest absolute Gasteiger partial charge is 0.465 e. The molecule has 1 fully saturated rings. The second-order valence-electron chi connectivity index (χ2n) is 10.9. The number of rotatable bonds is 10. The smallest absolute Gasteiger partial charge is 0.407 e. The van der Waals surface area contributed by atoms with Crippen LogP contribution < -0.4 is 10.1 Å². The number of hydrogen-bond acceptors (Lipinski definition) is 6. The molecule has 2 amide bonds. The number of benzene rings is 1. The molecule has 3 rings (SSSR count). The number of alkyl halides is 5. The van der Waals surface area contributed by atoms with Crippen molar-refractivity contribution >= 4 is 33.4 Å².